The number of benzene rings is 1. The maximum Gasteiger partial charge on any atom is 0.221 e. The zero-order valence-corrected chi connectivity index (χ0v) is 14.6. The molecule has 7 heteroatoms. The topological polar surface area (TPSA) is 68.3 Å². The number of nitrogens with one attached hydrogen (secondary N) is 1. The van der Waals surface area contributed by atoms with Crippen LogP contribution in [0.25, 0.3) is 0 Å². The van der Waals surface area contributed by atoms with E-state index in [4.69, 9.17) is 4.74 Å². The first kappa shape index (κ1) is 16.5. The number of hydrogen-bond donors (Lipinski definition) is 1. The molecule has 0 radical (unpaired) electrons. The molecule has 2 heterocycles. The van der Waals surface area contributed by atoms with Crippen LogP contribution < -0.4 is 10.1 Å². The first-order valence-corrected chi connectivity index (χ1v) is 9.99. The van der Waals surface area contributed by atoms with E-state index in [0.717, 1.165) is 0 Å². The van der Waals surface area contributed by atoms with Crippen LogP contribution in [-0.2, 0) is 16.4 Å². The van der Waals surface area contributed by atoms with Gasteiger partial charge >= 0.3 is 0 Å². The van der Waals surface area contributed by atoms with Crippen molar-refractivity contribution in [3.8, 4) is 11.6 Å². The van der Waals surface area contributed by atoms with Gasteiger partial charge in [-0.15, -0.1) is 11.3 Å². The van der Waals surface area contributed by atoms with Gasteiger partial charge < -0.3 is 10.1 Å². The second-order valence-electron chi connectivity index (χ2n) is 5.14. The predicted octanol–water partition coefficient (Wildman–Crippen LogP) is 3.95. The maximum atomic E-state index is 11.5. The van der Waals surface area contributed by atoms with Crippen molar-refractivity contribution in [3.63, 3.8) is 0 Å². The van der Waals surface area contributed by atoms with Crippen LogP contribution in [0.15, 0.2) is 64.9 Å². The summed E-state index contributed by atoms with van der Waals surface area (Å²) < 4.78 is 28.6. The van der Waals surface area contributed by atoms with Crippen molar-refractivity contribution >= 4 is 27.0 Å². The molecule has 1 N–H and O–H groups in total. The third-order valence-electron chi connectivity index (χ3n) is 3.22. The molecule has 0 fully saturated rings. The Balaban J connectivity index is 1.68. The van der Waals surface area contributed by atoms with E-state index < -0.39 is 9.84 Å². The third-order valence-corrected chi connectivity index (χ3v) is 5.23. The third kappa shape index (κ3) is 4.33. The Bertz CT molecular complexity index is 905. The number of pyridine rings is 1. The van der Waals surface area contributed by atoms with Gasteiger partial charge in [-0.2, -0.15) is 4.98 Å². The lowest BCUT2D eigenvalue weighted by Crippen LogP contribution is -2.00. The summed E-state index contributed by atoms with van der Waals surface area (Å²) in [4.78, 5) is 5.87. The van der Waals surface area contributed by atoms with Gasteiger partial charge in [0.2, 0.25) is 5.88 Å². The molecular weight excluding hydrogens is 344 g/mol. The minimum absolute atomic E-state index is 0.258. The smallest absolute Gasteiger partial charge is 0.221 e. The van der Waals surface area contributed by atoms with Crippen molar-refractivity contribution in [3.05, 3.63) is 64.9 Å². The zero-order chi connectivity index (χ0) is 17.0. The molecule has 0 aliphatic rings. The lowest BCUT2D eigenvalue weighted by Gasteiger charge is -2.08. The van der Waals surface area contributed by atoms with Crippen molar-refractivity contribution < 1.29 is 13.2 Å². The summed E-state index contributed by atoms with van der Waals surface area (Å²) in [6, 6.07) is 15.8. The molecule has 0 spiro atoms. The fraction of sp³-hybridized carbons (Fsp3) is 0.118. The summed E-state index contributed by atoms with van der Waals surface area (Å²) in [5, 5.41) is 5.27. The molecule has 0 bridgehead atoms. The first-order valence-electron chi connectivity index (χ1n) is 7.22. The van der Waals surface area contributed by atoms with Crippen LogP contribution in [-0.4, -0.2) is 19.7 Å². The van der Waals surface area contributed by atoms with Crippen LogP contribution in [0, 0.1) is 0 Å². The van der Waals surface area contributed by atoms with Crippen molar-refractivity contribution in [1.29, 1.82) is 0 Å². The minimum atomic E-state index is -3.21. The molecule has 0 saturated heterocycles. The number of nitrogens with zero attached hydrogens (tertiary/aromatic N) is 1. The number of thiophene rings is 1. The highest BCUT2D eigenvalue weighted by atomic mass is 32.2. The molecule has 0 aliphatic carbocycles. The Morgan fingerprint density at radius 1 is 1.08 bits per heavy atom. The second kappa shape index (κ2) is 7.02. The monoisotopic (exact) mass is 360 g/mol. The van der Waals surface area contributed by atoms with Crippen molar-refractivity contribution in [2.45, 2.75) is 11.4 Å². The van der Waals surface area contributed by atoms with Crippen LogP contribution >= 0.6 is 11.3 Å². The molecule has 0 aliphatic heterocycles. The van der Waals surface area contributed by atoms with Crippen LogP contribution in [0.2, 0.25) is 0 Å². The summed E-state index contributed by atoms with van der Waals surface area (Å²) in [5.74, 6) is 1.69. The standard InChI is InChI=1S/C17H16N2O3S2/c1-24(20,21)15-9-7-13(8-10-15)22-17-6-2-5-16(19-17)18-12-14-4-3-11-23-14/h2-11H,12H2,1H3,(H,18,19). The molecule has 0 unspecified atom stereocenters. The largest absolute Gasteiger partial charge is 0.439 e. The Morgan fingerprint density at radius 2 is 1.88 bits per heavy atom. The fourth-order valence-electron chi connectivity index (χ4n) is 2.04. The number of anilines is 1. The normalized spacial score (nSPS) is 11.2. The van der Waals surface area contributed by atoms with Gasteiger partial charge in [-0.05, 0) is 41.8 Å². The zero-order valence-electron chi connectivity index (χ0n) is 13.0. The summed E-state index contributed by atoms with van der Waals surface area (Å²) in [6.07, 6.45) is 1.17. The van der Waals surface area contributed by atoms with Crippen LogP contribution in [0.4, 0.5) is 5.82 Å². The average Bonchev–Trinajstić information content (AvgIpc) is 3.06. The predicted molar refractivity (Wildman–Crippen MR) is 95.5 cm³/mol. The molecule has 3 rings (SSSR count). The molecule has 2 aromatic heterocycles. The number of ether oxygens (including phenoxy) is 1. The van der Waals surface area contributed by atoms with Gasteiger partial charge in [0.1, 0.15) is 11.6 Å². The van der Waals surface area contributed by atoms with E-state index in [1.807, 2.05) is 23.6 Å². The van der Waals surface area contributed by atoms with E-state index in [1.54, 1.807) is 29.5 Å². The van der Waals surface area contributed by atoms with Gasteiger partial charge in [0.15, 0.2) is 9.84 Å². The number of rotatable bonds is 6. The van der Waals surface area contributed by atoms with Crippen LogP contribution in [0.5, 0.6) is 11.6 Å². The molecule has 1 aromatic carbocycles. The van der Waals surface area contributed by atoms with Crippen molar-refractivity contribution in [1.82, 2.24) is 4.98 Å². The quantitative estimate of drug-likeness (QED) is 0.721. The first-order chi connectivity index (χ1) is 11.5. The number of sulfone groups is 1. The Hall–Kier alpha value is -2.38. The van der Waals surface area contributed by atoms with Crippen LogP contribution in [0.3, 0.4) is 0 Å². The van der Waals surface area contributed by atoms with E-state index in [-0.39, 0.29) is 4.90 Å². The van der Waals surface area contributed by atoms with Crippen LogP contribution in [0.1, 0.15) is 4.88 Å². The second-order valence-corrected chi connectivity index (χ2v) is 8.19. The SMILES string of the molecule is CS(=O)(=O)c1ccc(Oc2cccc(NCc3cccs3)n2)cc1. The summed E-state index contributed by atoms with van der Waals surface area (Å²) in [7, 11) is -3.21. The molecule has 0 atom stereocenters. The fourth-order valence-corrected chi connectivity index (χ4v) is 3.31. The van der Waals surface area contributed by atoms with Gasteiger partial charge in [-0.1, -0.05) is 12.1 Å². The molecular formula is C17H16N2O3S2. The summed E-state index contributed by atoms with van der Waals surface area (Å²) in [6.45, 7) is 0.706. The lowest BCUT2D eigenvalue weighted by atomic mass is 10.3. The highest BCUT2D eigenvalue weighted by molar-refractivity contribution is 7.90. The van der Waals surface area contributed by atoms with Gasteiger partial charge in [-0.25, -0.2) is 8.42 Å². The molecule has 124 valence electrons. The Labute approximate surface area is 144 Å². The molecule has 3 aromatic rings. The van der Waals surface area contributed by atoms with Crippen molar-refractivity contribution in [2.75, 3.05) is 11.6 Å². The minimum Gasteiger partial charge on any atom is -0.439 e. The number of aromatic nitrogens is 1. The maximum absolute atomic E-state index is 11.5. The van der Waals surface area contributed by atoms with E-state index in [2.05, 4.69) is 16.4 Å². The molecule has 0 saturated carbocycles. The van der Waals surface area contributed by atoms with Crippen molar-refractivity contribution in [2.24, 2.45) is 0 Å². The van der Waals surface area contributed by atoms with Gasteiger partial charge in [0, 0.05) is 17.2 Å². The summed E-state index contributed by atoms with van der Waals surface area (Å²) in [5.41, 5.74) is 0. The molecule has 5 nitrogen and oxygen atoms in total. The van der Waals surface area contributed by atoms with E-state index in [9.17, 15) is 8.42 Å². The molecule has 24 heavy (non-hydrogen) atoms. The Kier molecular flexibility index (Phi) is 4.82. The number of hydrogen-bond acceptors (Lipinski definition) is 6. The highest BCUT2D eigenvalue weighted by Gasteiger charge is 2.07. The van der Waals surface area contributed by atoms with Gasteiger partial charge in [0.05, 0.1) is 11.4 Å². The van der Waals surface area contributed by atoms with Gasteiger partial charge in [0.25, 0.3) is 0 Å². The van der Waals surface area contributed by atoms with E-state index in [1.165, 1.54) is 23.3 Å². The Morgan fingerprint density at radius 3 is 2.54 bits per heavy atom. The highest BCUT2D eigenvalue weighted by Crippen LogP contribution is 2.23. The van der Waals surface area contributed by atoms with E-state index >= 15 is 0 Å². The van der Waals surface area contributed by atoms with Gasteiger partial charge in [-0.3, -0.25) is 0 Å². The lowest BCUT2D eigenvalue weighted by molar-refractivity contribution is 0.463. The van der Waals surface area contributed by atoms with E-state index in [0.29, 0.717) is 24.0 Å². The molecule has 0 amide bonds. The average molecular weight is 360 g/mol. The summed E-state index contributed by atoms with van der Waals surface area (Å²) >= 11 is 1.68.